The van der Waals surface area contributed by atoms with E-state index in [4.69, 9.17) is 4.74 Å². The van der Waals surface area contributed by atoms with Gasteiger partial charge in [-0.15, -0.1) is 11.8 Å². The quantitative estimate of drug-likeness (QED) is 0.652. The molecule has 1 aliphatic rings. The van der Waals surface area contributed by atoms with Crippen molar-refractivity contribution in [3.05, 3.63) is 29.3 Å². The molecule has 0 aliphatic heterocycles. The first-order chi connectivity index (χ1) is 10.6. The number of carbonyl (C=O) groups excluding carboxylic acids is 1. The summed E-state index contributed by atoms with van der Waals surface area (Å²) in [5.41, 5.74) is 2.38. The van der Waals surface area contributed by atoms with Crippen molar-refractivity contribution in [1.82, 2.24) is 5.32 Å². The highest BCUT2D eigenvalue weighted by atomic mass is 32.2. The van der Waals surface area contributed by atoms with Gasteiger partial charge >= 0.3 is 5.97 Å². The molecule has 0 spiro atoms. The fraction of sp³-hybridized carbons (Fsp3) is 0.632. The Kier molecular flexibility index (Phi) is 5.47. The highest BCUT2D eigenvalue weighted by Crippen LogP contribution is 2.36. The van der Waals surface area contributed by atoms with Crippen molar-refractivity contribution in [2.24, 2.45) is 0 Å². The number of rotatable bonds is 5. The summed E-state index contributed by atoms with van der Waals surface area (Å²) >= 11 is 1.58. The van der Waals surface area contributed by atoms with Crippen LogP contribution in [0, 0.1) is 0 Å². The Morgan fingerprint density at radius 1 is 1.22 bits per heavy atom. The van der Waals surface area contributed by atoms with E-state index in [2.05, 4.69) is 30.4 Å². The molecule has 4 heteroatoms. The first-order valence-corrected chi connectivity index (χ1v) is 9.20. The van der Waals surface area contributed by atoms with Crippen LogP contribution in [0.15, 0.2) is 23.1 Å². The van der Waals surface area contributed by atoms with Crippen LogP contribution >= 0.6 is 11.8 Å². The van der Waals surface area contributed by atoms with Crippen molar-refractivity contribution in [2.45, 2.75) is 75.7 Å². The van der Waals surface area contributed by atoms with Crippen LogP contribution in [0.5, 0.6) is 0 Å². The maximum absolute atomic E-state index is 12.4. The molecule has 1 aromatic rings. The Morgan fingerprint density at radius 2 is 1.87 bits per heavy atom. The lowest BCUT2D eigenvalue weighted by Gasteiger charge is -2.28. The Bertz CT molecular complexity index is 575. The molecule has 2 rings (SSSR count). The van der Waals surface area contributed by atoms with Gasteiger partial charge in [0.25, 0.3) is 0 Å². The second kappa shape index (κ2) is 6.86. The number of esters is 1. The number of nitrogens with one attached hydrogen (secondary N) is 1. The van der Waals surface area contributed by atoms with E-state index in [1.54, 1.807) is 11.8 Å². The van der Waals surface area contributed by atoms with Gasteiger partial charge in [-0.05, 0) is 77.3 Å². The lowest BCUT2D eigenvalue weighted by Crippen LogP contribution is -2.36. The zero-order valence-electron chi connectivity index (χ0n) is 15.2. The van der Waals surface area contributed by atoms with Gasteiger partial charge in [-0.3, -0.25) is 4.79 Å². The molecular formula is C19H29NO2S. The first kappa shape index (κ1) is 18.3. The number of likely N-dealkylation sites (N-methyl/N-ethyl adjacent to an activating group) is 1. The predicted octanol–water partition coefficient (Wildman–Crippen LogP) is 3.98. The van der Waals surface area contributed by atoms with Gasteiger partial charge in [0.15, 0.2) is 0 Å². The van der Waals surface area contributed by atoms with Crippen LogP contribution in [-0.4, -0.2) is 28.9 Å². The summed E-state index contributed by atoms with van der Waals surface area (Å²) in [4.78, 5) is 13.5. The summed E-state index contributed by atoms with van der Waals surface area (Å²) in [6, 6.07) is 7.13. The molecule has 23 heavy (non-hydrogen) atoms. The molecule has 0 heterocycles. The summed E-state index contributed by atoms with van der Waals surface area (Å²) in [6.07, 6.45) is 2.17. The Balaban J connectivity index is 2.07. The fourth-order valence-corrected chi connectivity index (χ4v) is 3.88. The molecule has 0 bridgehead atoms. The fourth-order valence-electron chi connectivity index (χ4n) is 2.83. The van der Waals surface area contributed by atoms with Gasteiger partial charge in [-0.1, -0.05) is 13.0 Å². The average Bonchev–Trinajstić information content (AvgIpc) is 2.78. The predicted molar refractivity (Wildman–Crippen MR) is 97.1 cm³/mol. The van der Waals surface area contributed by atoms with E-state index in [9.17, 15) is 4.79 Å². The Hall–Kier alpha value is -1.00. The number of ether oxygens (including phenoxy) is 1. The lowest BCUT2D eigenvalue weighted by atomic mass is 10.1. The van der Waals surface area contributed by atoms with Crippen LogP contribution in [0.4, 0.5) is 0 Å². The van der Waals surface area contributed by atoms with Crippen molar-refractivity contribution < 1.29 is 9.53 Å². The van der Waals surface area contributed by atoms with E-state index >= 15 is 0 Å². The molecule has 1 atom stereocenters. The minimum absolute atomic E-state index is 0.166. The van der Waals surface area contributed by atoms with Crippen molar-refractivity contribution in [2.75, 3.05) is 6.54 Å². The SMILES string of the molecule is CCN[C@@H]1Cc2ccc(SC(C)(C)C(=O)OC(C)(C)C)cc2C1. The molecule has 0 saturated heterocycles. The normalized spacial score (nSPS) is 17.9. The van der Waals surface area contributed by atoms with Gasteiger partial charge in [0.05, 0.1) is 0 Å². The van der Waals surface area contributed by atoms with Gasteiger partial charge < -0.3 is 10.1 Å². The summed E-state index contributed by atoms with van der Waals surface area (Å²) in [5, 5.41) is 3.52. The summed E-state index contributed by atoms with van der Waals surface area (Å²) < 4.78 is 4.95. The zero-order valence-corrected chi connectivity index (χ0v) is 16.0. The van der Waals surface area contributed by atoms with E-state index in [0.717, 1.165) is 24.3 Å². The summed E-state index contributed by atoms with van der Waals surface area (Å²) in [6.45, 7) is 12.7. The molecule has 3 nitrogen and oxygen atoms in total. The summed E-state index contributed by atoms with van der Waals surface area (Å²) in [5.74, 6) is -0.166. The number of benzene rings is 1. The molecular weight excluding hydrogens is 306 g/mol. The minimum atomic E-state index is -0.596. The third-order valence-corrected chi connectivity index (χ3v) is 5.03. The van der Waals surface area contributed by atoms with Crippen LogP contribution in [0.25, 0.3) is 0 Å². The van der Waals surface area contributed by atoms with Gasteiger partial charge in [0, 0.05) is 10.9 Å². The average molecular weight is 336 g/mol. The topological polar surface area (TPSA) is 38.3 Å². The number of thioether (sulfide) groups is 1. The third kappa shape index (κ3) is 4.98. The standard InChI is InChI=1S/C19H29NO2S/c1-7-20-15-10-13-8-9-16(12-14(13)11-15)23-19(5,6)17(21)22-18(2,3)4/h8-9,12,15,20H,7,10-11H2,1-6H3/t15-/m1/s1. The molecule has 0 aromatic heterocycles. The van der Waals surface area contributed by atoms with E-state index in [1.165, 1.54) is 11.1 Å². The molecule has 0 amide bonds. The van der Waals surface area contributed by atoms with Gasteiger partial charge in [0.1, 0.15) is 10.3 Å². The monoisotopic (exact) mass is 335 g/mol. The van der Waals surface area contributed by atoms with Crippen molar-refractivity contribution in [3.63, 3.8) is 0 Å². The van der Waals surface area contributed by atoms with Crippen LogP contribution < -0.4 is 5.32 Å². The third-order valence-electron chi connectivity index (χ3n) is 3.87. The molecule has 1 aromatic carbocycles. The number of carbonyl (C=O) groups is 1. The molecule has 0 unspecified atom stereocenters. The zero-order chi connectivity index (χ0) is 17.3. The molecule has 0 radical (unpaired) electrons. The molecule has 0 fully saturated rings. The highest BCUT2D eigenvalue weighted by Gasteiger charge is 2.34. The van der Waals surface area contributed by atoms with Crippen LogP contribution in [-0.2, 0) is 22.4 Å². The van der Waals surface area contributed by atoms with Crippen LogP contribution in [0.1, 0.15) is 52.7 Å². The van der Waals surface area contributed by atoms with E-state index in [0.29, 0.717) is 6.04 Å². The second-order valence-electron chi connectivity index (χ2n) is 7.71. The Labute approximate surface area is 144 Å². The lowest BCUT2D eigenvalue weighted by molar-refractivity contribution is -0.156. The van der Waals surface area contributed by atoms with E-state index in [1.807, 2.05) is 34.6 Å². The van der Waals surface area contributed by atoms with Crippen LogP contribution in [0.3, 0.4) is 0 Å². The van der Waals surface area contributed by atoms with Crippen molar-refractivity contribution >= 4 is 17.7 Å². The molecule has 0 saturated carbocycles. The first-order valence-electron chi connectivity index (χ1n) is 8.38. The molecule has 128 valence electrons. The second-order valence-corrected chi connectivity index (χ2v) is 9.40. The summed E-state index contributed by atoms with van der Waals surface area (Å²) in [7, 11) is 0. The largest absolute Gasteiger partial charge is 0.459 e. The minimum Gasteiger partial charge on any atom is -0.459 e. The van der Waals surface area contributed by atoms with Crippen molar-refractivity contribution in [3.8, 4) is 0 Å². The maximum Gasteiger partial charge on any atom is 0.322 e. The van der Waals surface area contributed by atoms with Crippen molar-refractivity contribution in [1.29, 1.82) is 0 Å². The smallest absolute Gasteiger partial charge is 0.322 e. The van der Waals surface area contributed by atoms with E-state index < -0.39 is 10.3 Å². The molecule has 1 aliphatic carbocycles. The number of hydrogen-bond donors (Lipinski definition) is 1. The van der Waals surface area contributed by atoms with E-state index in [-0.39, 0.29) is 5.97 Å². The van der Waals surface area contributed by atoms with Gasteiger partial charge in [0.2, 0.25) is 0 Å². The highest BCUT2D eigenvalue weighted by molar-refractivity contribution is 8.01. The van der Waals surface area contributed by atoms with Crippen LogP contribution in [0.2, 0.25) is 0 Å². The maximum atomic E-state index is 12.4. The molecule has 1 N–H and O–H groups in total. The van der Waals surface area contributed by atoms with Gasteiger partial charge in [-0.2, -0.15) is 0 Å². The number of fused-ring (bicyclic) bond motifs is 1. The van der Waals surface area contributed by atoms with Gasteiger partial charge in [-0.25, -0.2) is 0 Å². The Morgan fingerprint density at radius 3 is 2.48 bits per heavy atom. The number of hydrogen-bond acceptors (Lipinski definition) is 4.